The van der Waals surface area contributed by atoms with Crippen LogP contribution in [0.15, 0.2) is 0 Å². The average Bonchev–Trinajstić information content (AvgIpc) is 2.12. The Bertz CT molecular complexity index is 314. The number of halogens is 6. The number of piperidine rings is 1. The fraction of sp³-hybridized carbons (Fsp3) is 0.889. The zero-order valence-corrected chi connectivity index (χ0v) is 9.55. The van der Waals surface area contributed by atoms with Gasteiger partial charge in [0, 0.05) is 25.2 Å². The second-order valence-electron chi connectivity index (χ2n) is 4.41. The molecule has 0 saturated carbocycles. The second-order valence-corrected chi connectivity index (χ2v) is 4.41. The summed E-state index contributed by atoms with van der Waals surface area (Å²) in [5, 5.41) is 10.3. The van der Waals surface area contributed by atoms with Crippen LogP contribution in [0.1, 0.15) is 6.42 Å². The van der Waals surface area contributed by atoms with E-state index in [4.69, 9.17) is 9.90 Å². The molecule has 3 fully saturated rings. The fourth-order valence-electron chi connectivity index (χ4n) is 1.99. The first-order chi connectivity index (χ1) is 8.47. The Morgan fingerprint density at radius 1 is 1.16 bits per heavy atom. The van der Waals surface area contributed by atoms with Gasteiger partial charge in [-0.25, -0.2) is 4.79 Å². The third-order valence-corrected chi connectivity index (χ3v) is 2.64. The Kier molecular flexibility index (Phi) is 4.67. The number of rotatable bonds is 1. The average molecular weight is 294 g/mol. The molecule has 10 heteroatoms. The van der Waals surface area contributed by atoms with Gasteiger partial charge in [-0.1, -0.05) is 0 Å². The molecule has 2 atom stereocenters. The predicted molar refractivity (Wildman–Crippen MR) is 51.5 cm³/mol. The van der Waals surface area contributed by atoms with Crippen molar-refractivity contribution in [3.63, 3.8) is 0 Å². The summed E-state index contributed by atoms with van der Waals surface area (Å²) in [6.07, 6.45) is -8.07. The van der Waals surface area contributed by atoms with Crippen molar-refractivity contribution in [3.8, 4) is 0 Å². The van der Waals surface area contributed by atoms with Gasteiger partial charge in [0.2, 0.25) is 0 Å². The summed E-state index contributed by atoms with van der Waals surface area (Å²) in [5.41, 5.74) is 0. The van der Waals surface area contributed by atoms with E-state index in [0.717, 1.165) is 6.42 Å². The van der Waals surface area contributed by atoms with Gasteiger partial charge >= 0.3 is 18.3 Å². The molecule has 3 aliphatic rings. The standard InChI is InChI=1S/C7H11F3N2.C2HF3O2/c8-7(9,10)4-12-2-5-1-6(3-12)11-5;3-2(4,5)1(6)7/h5-6,11H,1-4H2;(H,6,7). The van der Waals surface area contributed by atoms with Crippen LogP contribution >= 0.6 is 0 Å². The molecular formula is C9H12F6N2O2. The highest BCUT2D eigenvalue weighted by molar-refractivity contribution is 5.73. The third-order valence-electron chi connectivity index (χ3n) is 2.64. The van der Waals surface area contributed by atoms with Crippen molar-refractivity contribution in [2.45, 2.75) is 30.9 Å². The summed E-state index contributed by atoms with van der Waals surface area (Å²) >= 11 is 0. The van der Waals surface area contributed by atoms with E-state index >= 15 is 0 Å². The summed E-state index contributed by atoms with van der Waals surface area (Å²) in [6, 6.07) is 0.622. The Balaban J connectivity index is 0.000000224. The molecule has 2 N–H and O–H groups in total. The SMILES string of the molecule is FC(F)(F)CN1CC2CC(C1)N2.O=C(O)C(F)(F)F. The van der Waals surface area contributed by atoms with Gasteiger partial charge in [0.05, 0.1) is 6.54 Å². The van der Waals surface area contributed by atoms with Gasteiger partial charge in [0.1, 0.15) is 0 Å². The first kappa shape index (κ1) is 16.0. The number of nitrogens with one attached hydrogen (secondary N) is 1. The monoisotopic (exact) mass is 294 g/mol. The molecule has 0 aromatic carbocycles. The molecule has 0 spiro atoms. The molecule has 2 bridgehead atoms. The highest BCUT2D eigenvalue weighted by Crippen LogP contribution is 2.24. The number of carboxylic acids is 1. The lowest BCUT2D eigenvalue weighted by molar-refractivity contribution is -0.192. The summed E-state index contributed by atoms with van der Waals surface area (Å²) in [7, 11) is 0. The van der Waals surface area contributed by atoms with Crippen molar-refractivity contribution < 1.29 is 36.2 Å². The molecule has 3 saturated heterocycles. The molecular weight excluding hydrogens is 282 g/mol. The quantitative estimate of drug-likeness (QED) is 0.714. The smallest absolute Gasteiger partial charge is 0.475 e. The van der Waals surface area contributed by atoms with Gasteiger partial charge in [-0.05, 0) is 6.42 Å². The number of hydrogen-bond donors (Lipinski definition) is 2. The molecule has 19 heavy (non-hydrogen) atoms. The number of piperazine rings is 1. The molecule has 2 unspecified atom stereocenters. The van der Waals surface area contributed by atoms with Gasteiger partial charge < -0.3 is 10.4 Å². The Morgan fingerprint density at radius 2 is 1.53 bits per heavy atom. The largest absolute Gasteiger partial charge is 0.490 e. The van der Waals surface area contributed by atoms with E-state index in [1.54, 1.807) is 0 Å². The second kappa shape index (κ2) is 5.53. The minimum Gasteiger partial charge on any atom is -0.475 e. The Morgan fingerprint density at radius 3 is 1.79 bits per heavy atom. The number of hydrogen-bond acceptors (Lipinski definition) is 3. The van der Waals surface area contributed by atoms with Crippen LogP contribution in [0, 0.1) is 0 Å². The lowest BCUT2D eigenvalue weighted by atomic mass is 9.91. The van der Waals surface area contributed by atoms with Gasteiger partial charge in [0.15, 0.2) is 0 Å². The molecule has 3 rings (SSSR count). The summed E-state index contributed by atoms with van der Waals surface area (Å²) in [5.74, 6) is -2.76. The van der Waals surface area contributed by atoms with E-state index in [1.165, 1.54) is 4.90 Å². The number of alkyl halides is 6. The van der Waals surface area contributed by atoms with Crippen molar-refractivity contribution in [3.05, 3.63) is 0 Å². The maximum Gasteiger partial charge on any atom is 0.490 e. The van der Waals surface area contributed by atoms with Crippen LogP contribution in [0.2, 0.25) is 0 Å². The van der Waals surface area contributed by atoms with Crippen LogP contribution in [-0.4, -0.2) is 60.0 Å². The summed E-state index contributed by atoms with van der Waals surface area (Å²) in [6.45, 7) is 0.355. The van der Waals surface area contributed by atoms with Crippen LogP contribution in [0.25, 0.3) is 0 Å². The van der Waals surface area contributed by atoms with E-state index in [0.29, 0.717) is 25.2 Å². The van der Waals surface area contributed by atoms with Crippen LogP contribution in [0.4, 0.5) is 26.3 Å². The first-order valence-corrected chi connectivity index (χ1v) is 5.32. The molecule has 0 amide bonds. The van der Waals surface area contributed by atoms with Crippen molar-refractivity contribution in [1.29, 1.82) is 0 Å². The Hall–Kier alpha value is -1.03. The van der Waals surface area contributed by atoms with Crippen LogP contribution < -0.4 is 5.32 Å². The van der Waals surface area contributed by atoms with E-state index in [2.05, 4.69) is 5.32 Å². The van der Waals surface area contributed by atoms with Crippen molar-refractivity contribution in [2.24, 2.45) is 0 Å². The highest BCUT2D eigenvalue weighted by atomic mass is 19.4. The maximum atomic E-state index is 11.9. The van der Waals surface area contributed by atoms with E-state index in [-0.39, 0.29) is 0 Å². The topological polar surface area (TPSA) is 52.6 Å². The molecule has 112 valence electrons. The maximum absolute atomic E-state index is 11.9. The van der Waals surface area contributed by atoms with E-state index in [1.807, 2.05) is 0 Å². The third kappa shape index (κ3) is 5.64. The highest BCUT2D eigenvalue weighted by Gasteiger charge is 2.40. The van der Waals surface area contributed by atoms with E-state index in [9.17, 15) is 26.3 Å². The predicted octanol–water partition coefficient (Wildman–Crippen LogP) is 1.23. The zero-order valence-electron chi connectivity index (χ0n) is 9.55. The lowest BCUT2D eigenvalue weighted by Crippen LogP contribution is -2.67. The number of carbonyl (C=O) groups is 1. The van der Waals surface area contributed by atoms with Crippen molar-refractivity contribution >= 4 is 5.97 Å². The van der Waals surface area contributed by atoms with Crippen molar-refractivity contribution in [1.82, 2.24) is 10.2 Å². The molecule has 3 aliphatic heterocycles. The minimum atomic E-state index is -5.08. The van der Waals surface area contributed by atoms with Gasteiger partial charge in [0.25, 0.3) is 0 Å². The molecule has 0 aliphatic carbocycles. The van der Waals surface area contributed by atoms with E-state index < -0.39 is 24.9 Å². The number of fused-ring (bicyclic) bond motifs is 2. The minimum absolute atomic E-state index is 0.311. The normalized spacial score (nSPS) is 27.1. The summed E-state index contributed by atoms with van der Waals surface area (Å²) < 4.78 is 67.5. The molecule has 3 heterocycles. The molecule has 4 nitrogen and oxygen atoms in total. The molecule has 0 aromatic heterocycles. The zero-order chi connectivity index (χ0) is 14.8. The number of nitrogens with zero attached hydrogens (tertiary/aromatic N) is 1. The van der Waals surface area contributed by atoms with Crippen LogP contribution in [0.5, 0.6) is 0 Å². The van der Waals surface area contributed by atoms with Gasteiger partial charge in [-0.3, -0.25) is 4.90 Å². The Labute approximate surface area is 104 Å². The molecule has 0 aromatic rings. The lowest BCUT2D eigenvalue weighted by Gasteiger charge is -2.48. The van der Waals surface area contributed by atoms with Crippen LogP contribution in [-0.2, 0) is 4.79 Å². The fourth-order valence-corrected chi connectivity index (χ4v) is 1.99. The van der Waals surface area contributed by atoms with Gasteiger partial charge in [-0.15, -0.1) is 0 Å². The number of aliphatic carboxylic acids is 1. The molecule has 0 radical (unpaired) electrons. The number of carboxylic acid groups (broad SMARTS) is 1. The van der Waals surface area contributed by atoms with Crippen LogP contribution in [0.3, 0.4) is 0 Å². The van der Waals surface area contributed by atoms with Gasteiger partial charge in [-0.2, -0.15) is 26.3 Å². The summed E-state index contributed by atoms with van der Waals surface area (Å²) in [4.78, 5) is 10.4. The first-order valence-electron chi connectivity index (χ1n) is 5.32. The van der Waals surface area contributed by atoms with Crippen molar-refractivity contribution in [2.75, 3.05) is 19.6 Å².